The van der Waals surface area contributed by atoms with Crippen molar-refractivity contribution in [1.82, 2.24) is 4.90 Å². The topological polar surface area (TPSA) is 52.7 Å². The molecule has 1 aromatic carbocycles. The van der Waals surface area contributed by atoms with Gasteiger partial charge in [-0.1, -0.05) is 0 Å². The number of nitrogens with zero attached hydrogens (tertiary/aromatic N) is 2. The molecule has 0 spiro atoms. The van der Waals surface area contributed by atoms with Gasteiger partial charge in [-0.3, -0.25) is 9.59 Å². The number of halogens is 3. The number of carbonyl (C=O) groups excluding carboxylic acids is 2. The highest BCUT2D eigenvalue weighted by molar-refractivity contribution is 5.96. The third kappa shape index (κ3) is 4.98. The van der Waals surface area contributed by atoms with Gasteiger partial charge in [-0.25, -0.2) is 0 Å². The fourth-order valence-electron chi connectivity index (χ4n) is 2.58. The van der Waals surface area contributed by atoms with Crippen molar-refractivity contribution >= 4 is 23.1 Å². The molecule has 5 nitrogen and oxygen atoms in total. The summed E-state index contributed by atoms with van der Waals surface area (Å²) in [6, 6.07) is 6.63. The Morgan fingerprint density at radius 2 is 1.88 bits per heavy atom. The Hall–Kier alpha value is -2.51. The predicted molar refractivity (Wildman–Crippen MR) is 89.3 cm³/mol. The summed E-state index contributed by atoms with van der Waals surface area (Å²) in [6.45, 7) is 0.430. The molecule has 1 aromatic rings. The highest BCUT2D eigenvalue weighted by Gasteiger charge is 2.37. The Bertz CT molecular complexity index is 654. The molecule has 2 rings (SSSR count). The number of anilines is 2. The number of allylic oxidation sites excluding steroid dienone is 1. The molecule has 8 heteroatoms. The molecule has 1 saturated heterocycles. The van der Waals surface area contributed by atoms with E-state index in [9.17, 15) is 22.8 Å². The van der Waals surface area contributed by atoms with Crippen molar-refractivity contribution in [1.29, 1.82) is 0 Å². The first-order valence-electron chi connectivity index (χ1n) is 7.82. The van der Waals surface area contributed by atoms with Crippen LogP contribution in [0.3, 0.4) is 0 Å². The predicted octanol–water partition coefficient (Wildman–Crippen LogP) is 2.80. The van der Waals surface area contributed by atoms with Gasteiger partial charge < -0.3 is 15.1 Å². The fraction of sp³-hybridized carbons (Fsp3) is 0.412. The van der Waals surface area contributed by atoms with Crippen LogP contribution in [0.2, 0.25) is 0 Å². The lowest BCUT2D eigenvalue weighted by Gasteiger charge is -2.22. The van der Waals surface area contributed by atoms with Crippen molar-refractivity contribution in [2.45, 2.75) is 25.1 Å². The van der Waals surface area contributed by atoms with E-state index in [0.29, 0.717) is 31.1 Å². The van der Waals surface area contributed by atoms with Crippen LogP contribution >= 0.6 is 0 Å². The highest BCUT2D eigenvalue weighted by atomic mass is 19.4. The summed E-state index contributed by atoms with van der Waals surface area (Å²) in [5.41, 5.74) is 1.59. The van der Waals surface area contributed by atoms with Gasteiger partial charge in [0.05, 0.1) is 0 Å². The Balaban J connectivity index is 2.00. The molecule has 1 fully saturated rings. The minimum absolute atomic E-state index is 0.306. The first-order chi connectivity index (χ1) is 11.7. The fourth-order valence-corrected chi connectivity index (χ4v) is 2.58. The zero-order valence-corrected chi connectivity index (χ0v) is 14.0. The average Bonchev–Trinajstić information content (AvgIpc) is 3.00. The van der Waals surface area contributed by atoms with Crippen LogP contribution < -0.4 is 10.2 Å². The second-order valence-corrected chi connectivity index (χ2v) is 6.00. The minimum Gasteiger partial charge on any atom is -0.378 e. The number of carbonyl (C=O) groups is 2. The second-order valence-electron chi connectivity index (χ2n) is 6.00. The van der Waals surface area contributed by atoms with E-state index in [0.717, 1.165) is 11.9 Å². The standard InChI is InChI=1S/C17H20F3N3O2/c1-22(2)13-7-5-12(6-8-13)21-16(25)14-4-3-10-23(14)11-9-15(24)17(18,19)20/h5-9,11,14H,3-4,10H2,1-2H3,(H,21,25)/b11-9+/t14-/m1/s1. The number of alkyl halides is 3. The number of hydrogen-bond donors (Lipinski definition) is 1. The Kier molecular flexibility index (Phi) is 5.71. The van der Waals surface area contributed by atoms with Gasteiger partial charge in [0.25, 0.3) is 5.78 Å². The van der Waals surface area contributed by atoms with Gasteiger partial charge in [0, 0.05) is 44.3 Å². The van der Waals surface area contributed by atoms with Crippen LogP contribution in [0.4, 0.5) is 24.5 Å². The van der Waals surface area contributed by atoms with Gasteiger partial charge in [-0.15, -0.1) is 0 Å². The zero-order valence-electron chi connectivity index (χ0n) is 14.0. The summed E-state index contributed by atoms with van der Waals surface area (Å²) in [7, 11) is 3.80. The monoisotopic (exact) mass is 355 g/mol. The lowest BCUT2D eigenvalue weighted by molar-refractivity contribution is -0.165. The van der Waals surface area contributed by atoms with E-state index in [1.54, 1.807) is 12.1 Å². The molecule has 136 valence electrons. The molecule has 0 unspecified atom stereocenters. The van der Waals surface area contributed by atoms with Crippen LogP contribution in [0.5, 0.6) is 0 Å². The number of benzene rings is 1. The molecule has 1 N–H and O–H groups in total. The van der Waals surface area contributed by atoms with Gasteiger partial charge in [-0.2, -0.15) is 13.2 Å². The number of ketones is 1. The Morgan fingerprint density at radius 3 is 2.44 bits per heavy atom. The third-order valence-corrected chi connectivity index (χ3v) is 3.94. The van der Waals surface area contributed by atoms with E-state index < -0.39 is 18.0 Å². The van der Waals surface area contributed by atoms with Gasteiger partial charge in [0.1, 0.15) is 6.04 Å². The maximum absolute atomic E-state index is 12.4. The van der Waals surface area contributed by atoms with Gasteiger partial charge in [0.2, 0.25) is 5.91 Å². The smallest absolute Gasteiger partial charge is 0.378 e. The van der Waals surface area contributed by atoms with Crippen LogP contribution in [0, 0.1) is 0 Å². The summed E-state index contributed by atoms with van der Waals surface area (Å²) in [4.78, 5) is 26.7. The van der Waals surface area contributed by atoms with Gasteiger partial charge in [0.15, 0.2) is 0 Å². The molecule has 0 bridgehead atoms. The van der Waals surface area contributed by atoms with Crippen molar-refractivity contribution in [2.24, 2.45) is 0 Å². The van der Waals surface area contributed by atoms with Crippen LogP contribution in [-0.2, 0) is 9.59 Å². The molecular weight excluding hydrogens is 335 g/mol. The summed E-state index contributed by atoms with van der Waals surface area (Å²) < 4.78 is 36.8. The third-order valence-electron chi connectivity index (χ3n) is 3.94. The quantitative estimate of drug-likeness (QED) is 0.826. The first-order valence-corrected chi connectivity index (χ1v) is 7.82. The maximum atomic E-state index is 12.4. The molecular formula is C17H20F3N3O2. The van der Waals surface area contributed by atoms with E-state index in [1.807, 2.05) is 31.1 Å². The van der Waals surface area contributed by atoms with E-state index in [4.69, 9.17) is 0 Å². The Morgan fingerprint density at radius 1 is 1.24 bits per heavy atom. The second kappa shape index (κ2) is 7.58. The SMILES string of the molecule is CN(C)c1ccc(NC(=O)[C@H]2CCCN2/C=C/C(=O)C(F)(F)F)cc1. The maximum Gasteiger partial charge on any atom is 0.454 e. The molecule has 1 aliphatic rings. The zero-order chi connectivity index (χ0) is 18.6. The van der Waals surface area contributed by atoms with Crippen molar-refractivity contribution in [2.75, 3.05) is 30.9 Å². The van der Waals surface area contributed by atoms with E-state index >= 15 is 0 Å². The molecule has 25 heavy (non-hydrogen) atoms. The van der Waals surface area contributed by atoms with Crippen LogP contribution in [0.15, 0.2) is 36.5 Å². The van der Waals surface area contributed by atoms with Crippen molar-refractivity contribution < 1.29 is 22.8 Å². The lowest BCUT2D eigenvalue weighted by Crippen LogP contribution is -2.36. The van der Waals surface area contributed by atoms with Gasteiger partial charge in [-0.05, 0) is 37.1 Å². The van der Waals surface area contributed by atoms with Crippen LogP contribution in [0.25, 0.3) is 0 Å². The molecule has 1 heterocycles. The number of amides is 1. The molecule has 0 saturated carbocycles. The summed E-state index contributed by atoms with van der Waals surface area (Å²) in [5, 5.41) is 2.76. The molecule has 1 amide bonds. The van der Waals surface area contributed by atoms with Crippen molar-refractivity contribution in [3.63, 3.8) is 0 Å². The van der Waals surface area contributed by atoms with Gasteiger partial charge >= 0.3 is 6.18 Å². The largest absolute Gasteiger partial charge is 0.454 e. The Labute approximate surface area is 144 Å². The molecule has 0 aromatic heterocycles. The molecule has 1 atom stereocenters. The number of rotatable bonds is 5. The summed E-state index contributed by atoms with van der Waals surface area (Å²) in [5.74, 6) is -2.24. The highest BCUT2D eigenvalue weighted by Crippen LogP contribution is 2.22. The van der Waals surface area contributed by atoms with E-state index in [-0.39, 0.29) is 5.91 Å². The lowest BCUT2D eigenvalue weighted by atomic mass is 10.2. The summed E-state index contributed by atoms with van der Waals surface area (Å²) >= 11 is 0. The van der Waals surface area contributed by atoms with Crippen molar-refractivity contribution in [3.8, 4) is 0 Å². The summed E-state index contributed by atoms with van der Waals surface area (Å²) in [6.07, 6.45) is -2.18. The van der Waals surface area contributed by atoms with Crippen LogP contribution in [-0.4, -0.2) is 49.4 Å². The molecule has 1 aliphatic heterocycles. The number of likely N-dealkylation sites (tertiary alicyclic amines) is 1. The number of hydrogen-bond acceptors (Lipinski definition) is 4. The van der Waals surface area contributed by atoms with E-state index in [1.165, 1.54) is 4.90 Å². The van der Waals surface area contributed by atoms with Crippen LogP contribution in [0.1, 0.15) is 12.8 Å². The van der Waals surface area contributed by atoms with Crippen molar-refractivity contribution in [3.05, 3.63) is 36.5 Å². The molecule has 0 radical (unpaired) electrons. The first kappa shape index (κ1) is 18.8. The van der Waals surface area contributed by atoms with E-state index in [2.05, 4.69) is 5.32 Å². The number of nitrogens with one attached hydrogen (secondary N) is 1. The average molecular weight is 355 g/mol. The minimum atomic E-state index is -4.90. The normalized spacial score (nSPS) is 17.8. The molecule has 0 aliphatic carbocycles.